The highest BCUT2D eigenvalue weighted by Gasteiger charge is 2.49. The highest BCUT2D eigenvalue weighted by atomic mass is 79.9. The van der Waals surface area contributed by atoms with E-state index in [2.05, 4.69) is 63.7 Å². The molecule has 0 aromatic heterocycles. The van der Waals surface area contributed by atoms with Crippen molar-refractivity contribution in [2.45, 2.75) is 24.3 Å². The van der Waals surface area contributed by atoms with Crippen LogP contribution >= 0.6 is 63.7 Å². The third kappa shape index (κ3) is 3.39. The zero-order valence-electron chi connectivity index (χ0n) is 13.9. The number of alkyl halides is 2. The lowest BCUT2D eigenvalue weighted by molar-refractivity contribution is -0.158. The van der Waals surface area contributed by atoms with Gasteiger partial charge in [0.1, 0.15) is 0 Å². The van der Waals surface area contributed by atoms with E-state index in [1.807, 2.05) is 0 Å². The number of nitrogens with zero attached hydrogens (tertiary/aromatic N) is 2. The molecular formula is C16H18Br4N2O4. The van der Waals surface area contributed by atoms with Crippen LogP contribution in [-0.4, -0.2) is 70.0 Å². The van der Waals surface area contributed by atoms with Gasteiger partial charge in [0.05, 0.1) is 32.8 Å². The van der Waals surface area contributed by atoms with Gasteiger partial charge in [0.2, 0.25) is 11.8 Å². The summed E-state index contributed by atoms with van der Waals surface area (Å²) in [5, 5.41) is 0.926. The first-order chi connectivity index (χ1) is 12.4. The third-order valence-electron chi connectivity index (χ3n) is 4.75. The second-order valence-corrected chi connectivity index (χ2v) is 9.03. The lowest BCUT2D eigenvalue weighted by Crippen LogP contribution is -2.54. The van der Waals surface area contributed by atoms with Crippen molar-refractivity contribution in [2.75, 3.05) is 37.0 Å². The topological polar surface area (TPSA) is 59.1 Å². The molecule has 3 aliphatic rings. The van der Waals surface area contributed by atoms with Crippen LogP contribution in [0.4, 0.5) is 0 Å². The molecule has 0 aliphatic carbocycles. The molecule has 0 aromatic carbocycles. The maximum absolute atomic E-state index is 12.4. The average Bonchev–Trinajstić information content (AvgIpc) is 2.98. The fraction of sp³-hybridized carbons (Fsp3) is 0.625. The standard InChI is InChI=1S/C16H18Br4N2O4/c17-9-15-11(19)7-13(23)21(15)3-1-5-25-16(10-18)12(20)8-14(24)22(16)4-2-6-26-15/h7-8H,1-6,9-10H2. The largest absolute Gasteiger partial charge is 0.350 e. The molecule has 0 radical (unpaired) electrons. The van der Waals surface area contributed by atoms with Crippen molar-refractivity contribution in [1.82, 2.24) is 9.80 Å². The first kappa shape index (κ1) is 21.0. The first-order valence-electron chi connectivity index (χ1n) is 8.20. The first-order valence-corrected chi connectivity index (χ1v) is 12.0. The van der Waals surface area contributed by atoms with E-state index in [1.54, 1.807) is 22.0 Å². The van der Waals surface area contributed by atoms with Crippen molar-refractivity contribution in [3.05, 3.63) is 21.1 Å². The molecule has 2 amide bonds. The number of hydrogen-bond acceptors (Lipinski definition) is 4. The Balaban J connectivity index is 1.83. The second kappa shape index (κ2) is 8.32. The Labute approximate surface area is 185 Å². The minimum absolute atomic E-state index is 0.0812. The lowest BCUT2D eigenvalue weighted by atomic mass is 10.2. The Bertz CT molecular complexity index is 615. The zero-order valence-corrected chi connectivity index (χ0v) is 20.2. The second-order valence-electron chi connectivity index (χ2n) is 6.20. The van der Waals surface area contributed by atoms with Gasteiger partial charge < -0.3 is 19.3 Å². The van der Waals surface area contributed by atoms with Crippen molar-refractivity contribution in [3.8, 4) is 0 Å². The monoisotopic (exact) mass is 618 g/mol. The van der Waals surface area contributed by atoms with Crippen LogP contribution in [0, 0.1) is 0 Å². The van der Waals surface area contributed by atoms with Crippen LogP contribution in [0.1, 0.15) is 12.8 Å². The van der Waals surface area contributed by atoms with Gasteiger partial charge >= 0.3 is 0 Å². The van der Waals surface area contributed by atoms with Gasteiger partial charge in [-0.1, -0.05) is 63.7 Å². The van der Waals surface area contributed by atoms with E-state index >= 15 is 0 Å². The van der Waals surface area contributed by atoms with E-state index in [4.69, 9.17) is 9.47 Å². The average molecular weight is 622 g/mol. The molecule has 1 saturated heterocycles. The summed E-state index contributed by atoms with van der Waals surface area (Å²) in [4.78, 5) is 28.2. The summed E-state index contributed by atoms with van der Waals surface area (Å²) in [5.74, 6) is -0.162. The highest BCUT2D eigenvalue weighted by Crippen LogP contribution is 2.41. The predicted octanol–water partition coefficient (Wildman–Crippen LogP) is 3.24. The van der Waals surface area contributed by atoms with E-state index in [-0.39, 0.29) is 11.8 Å². The molecule has 3 heterocycles. The maximum atomic E-state index is 12.4. The summed E-state index contributed by atoms with van der Waals surface area (Å²) in [7, 11) is 0. The van der Waals surface area contributed by atoms with E-state index in [9.17, 15) is 9.59 Å². The molecule has 3 rings (SSSR count). The summed E-state index contributed by atoms with van der Waals surface area (Å²) >= 11 is 14.0. The van der Waals surface area contributed by atoms with Gasteiger partial charge in [0, 0.05) is 25.2 Å². The summed E-state index contributed by atoms with van der Waals surface area (Å²) in [6, 6.07) is 0. The van der Waals surface area contributed by atoms with Gasteiger partial charge in [-0.05, 0) is 12.8 Å². The minimum atomic E-state index is -0.837. The van der Waals surface area contributed by atoms with Crippen LogP contribution in [0.5, 0.6) is 0 Å². The molecule has 2 atom stereocenters. The van der Waals surface area contributed by atoms with Crippen molar-refractivity contribution >= 4 is 75.5 Å². The molecule has 10 heteroatoms. The van der Waals surface area contributed by atoms with Crippen LogP contribution in [-0.2, 0) is 19.1 Å². The van der Waals surface area contributed by atoms with E-state index in [0.29, 0.717) is 58.8 Å². The number of fused-ring (bicyclic) bond motifs is 2. The lowest BCUT2D eigenvalue weighted by Gasteiger charge is -2.41. The Kier molecular flexibility index (Phi) is 6.72. The number of ether oxygens (including phenoxy) is 2. The van der Waals surface area contributed by atoms with Crippen LogP contribution in [0.3, 0.4) is 0 Å². The maximum Gasteiger partial charge on any atom is 0.250 e. The van der Waals surface area contributed by atoms with Crippen molar-refractivity contribution < 1.29 is 19.1 Å². The summed E-state index contributed by atoms with van der Waals surface area (Å²) in [5.41, 5.74) is -1.67. The van der Waals surface area contributed by atoms with Crippen molar-refractivity contribution in [2.24, 2.45) is 0 Å². The molecule has 0 saturated carbocycles. The van der Waals surface area contributed by atoms with Gasteiger partial charge in [-0.15, -0.1) is 0 Å². The van der Waals surface area contributed by atoms with E-state index in [1.165, 1.54) is 0 Å². The quantitative estimate of drug-likeness (QED) is 0.445. The fourth-order valence-corrected chi connectivity index (χ4v) is 6.98. The Morgan fingerprint density at radius 1 is 0.846 bits per heavy atom. The smallest absolute Gasteiger partial charge is 0.250 e. The molecule has 144 valence electrons. The SMILES string of the molecule is O=C1C=C(Br)C2(CBr)OCCCN3C(=O)C=C(Br)C3(CBr)OCCCN12. The van der Waals surface area contributed by atoms with Gasteiger partial charge in [-0.25, -0.2) is 0 Å². The van der Waals surface area contributed by atoms with Crippen molar-refractivity contribution in [3.63, 3.8) is 0 Å². The molecule has 1 fully saturated rings. The molecule has 0 N–H and O–H groups in total. The van der Waals surface area contributed by atoms with Crippen LogP contribution < -0.4 is 0 Å². The molecule has 3 aliphatic heterocycles. The highest BCUT2D eigenvalue weighted by molar-refractivity contribution is 9.12. The van der Waals surface area contributed by atoms with E-state index < -0.39 is 11.4 Å². The third-order valence-corrected chi connectivity index (χ3v) is 7.96. The zero-order chi connectivity index (χ0) is 18.9. The van der Waals surface area contributed by atoms with Gasteiger partial charge in [0.15, 0.2) is 11.4 Å². The number of carbonyl (C=O) groups excluding carboxylic acids is 2. The molecule has 2 unspecified atom stereocenters. The van der Waals surface area contributed by atoms with Gasteiger partial charge in [0.25, 0.3) is 0 Å². The number of hydrogen-bond donors (Lipinski definition) is 0. The summed E-state index contributed by atoms with van der Waals surface area (Å²) < 4.78 is 13.7. The Morgan fingerprint density at radius 3 is 1.58 bits per heavy atom. The number of amides is 2. The summed E-state index contributed by atoms with van der Waals surface area (Å²) in [6.07, 6.45) is 4.36. The number of carbonyl (C=O) groups is 2. The van der Waals surface area contributed by atoms with Crippen molar-refractivity contribution in [1.29, 1.82) is 0 Å². The minimum Gasteiger partial charge on any atom is -0.350 e. The fourth-order valence-electron chi connectivity index (χ4n) is 3.36. The number of halogens is 4. The molecule has 26 heavy (non-hydrogen) atoms. The molecule has 0 spiro atoms. The normalized spacial score (nSPS) is 33.2. The number of rotatable bonds is 2. The van der Waals surface area contributed by atoms with Gasteiger partial charge in [-0.3, -0.25) is 9.59 Å². The van der Waals surface area contributed by atoms with Crippen LogP contribution in [0.15, 0.2) is 21.1 Å². The molecule has 6 nitrogen and oxygen atoms in total. The van der Waals surface area contributed by atoms with Gasteiger partial charge in [-0.2, -0.15) is 0 Å². The van der Waals surface area contributed by atoms with Crippen LogP contribution in [0.2, 0.25) is 0 Å². The molecular weight excluding hydrogens is 604 g/mol. The molecule has 0 aromatic rings. The molecule has 0 bridgehead atoms. The van der Waals surface area contributed by atoms with E-state index in [0.717, 1.165) is 0 Å². The Hall–Kier alpha value is 0.260. The predicted molar refractivity (Wildman–Crippen MR) is 112 cm³/mol. The van der Waals surface area contributed by atoms with Crippen LogP contribution in [0.25, 0.3) is 0 Å². The summed E-state index contributed by atoms with van der Waals surface area (Å²) in [6.45, 7) is 1.78. The Morgan fingerprint density at radius 2 is 1.23 bits per heavy atom.